The van der Waals surface area contributed by atoms with E-state index >= 15 is 0 Å². The molecule has 0 unspecified atom stereocenters. The maximum absolute atomic E-state index is 6.19. The minimum Gasteiger partial charge on any atom is -0.228 e. The summed E-state index contributed by atoms with van der Waals surface area (Å²) in [6.45, 7) is 0. The molecule has 0 radical (unpaired) electrons. The van der Waals surface area contributed by atoms with Crippen LogP contribution >= 0.6 is 34.8 Å². The van der Waals surface area contributed by atoms with Crippen molar-refractivity contribution >= 4 is 45.7 Å². The minimum atomic E-state index is 0.472. The van der Waals surface area contributed by atoms with E-state index in [2.05, 4.69) is 4.98 Å². The number of aromatic nitrogens is 2. The summed E-state index contributed by atoms with van der Waals surface area (Å²) in [4.78, 5) is 9.45. The van der Waals surface area contributed by atoms with Crippen molar-refractivity contribution in [1.29, 1.82) is 0 Å². The van der Waals surface area contributed by atoms with Crippen LogP contribution in [-0.4, -0.2) is 9.97 Å². The van der Waals surface area contributed by atoms with Gasteiger partial charge in [-0.2, -0.15) is 0 Å². The van der Waals surface area contributed by atoms with Crippen molar-refractivity contribution < 1.29 is 0 Å². The van der Waals surface area contributed by atoms with Crippen LogP contribution in [-0.2, 0) is 0 Å². The third-order valence-electron chi connectivity index (χ3n) is 3.88. The fourth-order valence-corrected chi connectivity index (χ4v) is 3.15. The second kappa shape index (κ2) is 6.64. The fraction of sp³-hybridized carbons (Fsp3) is 0. The van der Waals surface area contributed by atoms with Crippen LogP contribution in [0.15, 0.2) is 66.7 Å². The summed E-state index contributed by atoms with van der Waals surface area (Å²) in [7, 11) is 0. The van der Waals surface area contributed by atoms with Crippen LogP contribution in [0.1, 0.15) is 0 Å². The Bertz CT molecular complexity index is 1080. The Kier molecular flexibility index (Phi) is 4.34. The third kappa shape index (κ3) is 3.21. The molecule has 0 N–H and O–H groups in total. The summed E-state index contributed by atoms with van der Waals surface area (Å²) in [6, 6.07) is 20.9. The Balaban J connectivity index is 2.01. The first-order chi connectivity index (χ1) is 12.1. The molecule has 122 valence electrons. The maximum atomic E-state index is 6.19. The molecule has 4 aromatic rings. The number of nitrogens with zero attached hydrogens (tertiary/aromatic N) is 2. The van der Waals surface area contributed by atoms with E-state index in [0.29, 0.717) is 20.9 Å². The zero-order valence-electron chi connectivity index (χ0n) is 12.9. The molecule has 0 aliphatic rings. The third-order valence-corrected chi connectivity index (χ3v) is 4.86. The van der Waals surface area contributed by atoms with Gasteiger partial charge in [0.1, 0.15) is 0 Å². The lowest BCUT2D eigenvalue weighted by Crippen LogP contribution is -1.95. The molecule has 4 rings (SSSR count). The number of halogens is 3. The molecule has 2 nitrogen and oxygen atoms in total. The van der Waals surface area contributed by atoms with Gasteiger partial charge in [-0.15, -0.1) is 0 Å². The lowest BCUT2D eigenvalue weighted by Gasteiger charge is -2.10. The SMILES string of the molecule is Clc1ccc2nc(-c3ccc(Cl)c(Cl)c3)nc(-c3ccccc3)c2c1. The van der Waals surface area contributed by atoms with Crippen molar-refractivity contribution in [3.8, 4) is 22.6 Å². The standard InChI is InChI=1S/C20H11Cl3N2/c21-14-7-9-18-15(11-14)19(12-4-2-1-3-5-12)25-20(24-18)13-6-8-16(22)17(23)10-13/h1-11H. The van der Waals surface area contributed by atoms with Gasteiger partial charge < -0.3 is 0 Å². The number of rotatable bonds is 2. The van der Waals surface area contributed by atoms with E-state index in [1.807, 2.05) is 54.6 Å². The van der Waals surface area contributed by atoms with Gasteiger partial charge >= 0.3 is 0 Å². The summed E-state index contributed by atoms with van der Waals surface area (Å²) in [6.07, 6.45) is 0. The zero-order chi connectivity index (χ0) is 17.4. The highest BCUT2D eigenvalue weighted by molar-refractivity contribution is 6.42. The zero-order valence-corrected chi connectivity index (χ0v) is 15.1. The lowest BCUT2D eigenvalue weighted by molar-refractivity contribution is 1.23. The van der Waals surface area contributed by atoms with Crippen LogP contribution in [0.25, 0.3) is 33.5 Å². The Morgan fingerprint density at radius 2 is 1.44 bits per heavy atom. The van der Waals surface area contributed by atoms with E-state index in [1.54, 1.807) is 12.1 Å². The monoisotopic (exact) mass is 384 g/mol. The van der Waals surface area contributed by atoms with Crippen molar-refractivity contribution in [2.45, 2.75) is 0 Å². The molecule has 0 spiro atoms. The van der Waals surface area contributed by atoms with E-state index in [4.69, 9.17) is 39.8 Å². The number of fused-ring (bicyclic) bond motifs is 1. The summed E-state index contributed by atoms with van der Waals surface area (Å²) >= 11 is 18.4. The van der Waals surface area contributed by atoms with E-state index in [-0.39, 0.29) is 0 Å². The van der Waals surface area contributed by atoms with Crippen LogP contribution in [0.2, 0.25) is 15.1 Å². The number of hydrogen-bond acceptors (Lipinski definition) is 2. The average Bonchev–Trinajstić information content (AvgIpc) is 2.64. The molecule has 1 heterocycles. The number of hydrogen-bond donors (Lipinski definition) is 0. The van der Waals surface area contributed by atoms with E-state index in [9.17, 15) is 0 Å². The van der Waals surface area contributed by atoms with Crippen molar-refractivity contribution in [3.05, 3.63) is 81.8 Å². The predicted octanol–water partition coefficient (Wildman–Crippen LogP) is 6.92. The molecule has 5 heteroatoms. The van der Waals surface area contributed by atoms with Gasteiger partial charge in [0.25, 0.3) is 0 Å². The second-order valence-corrected chi connectivity index (χ2v) is 6.80. The van der Waals surface area contributed by atoms with Gasteiger partial charge in [-0.3, -0.25) is 0 Å². The van der Waals surface area contributed by atoms with Gasteiger partial charge in [0, 0.05) is 21.5 Å². The average molecular weight is 386 g/mol. The Hall–Kier alpha value is -2.13. The van der Waals surface area contributed by atoms with E-state index in [1.165, 1.54) is 0 Å². The molecule has 0 saturated carbocycles. The highest BCUT2D eigenvalue weighted by atomic mass is 35.5. The van der Waals surface area contributed by atoms with E-state index < -0.39 is 0 Å². The van der Waals surface area contributed by atoms with Gasteiger partial charge in [0.2, 0.25) is 0 Å². The van der Waals surface area contributed by atoms with Gasteiger partial charge in [0.05, 0.1) is 21.3 Å². The molecule has 0 amide bonds. The van der Waals surface area contributed by atoms with Crippen LogP contribution in [0.3, 0.4) is 0 Å². The van der Waals surface area contributed by atoms with Gasteiger partial charge in [-0.1, -0.05) is 65.1 Å². The highest BCUT2D eigenvalue weighted by Crippen LogP contribution is 2.32. The van der Waals surface area contributed by atoms with E-state index in [0.717, 1.165) is 27.7 Å². The van der Waals surface area contributed by atoms with Gasteiger partial charge in [0.15, 0.2) is 5.82 Å². The quantitative estimate of drug-likeness (QED) is 0.374. The largest absolute Gasteiger partial charge is 0.228 e. The molecule has 0 aliphatic carbocycles. The smallest absolute Gasteiger partial charge is 0.160 e. The first-order valence-corrected chi connectivity index (χ1v) is 8.73. The molecule has 3 aromatic carbocycles. The predicted molar refractivity (Wildman–Crippen MR) is 105 cm³/mol. The summed E-state index contributed by atoms with van der Waals surface area (Å²) < 4.78 is 0. The van der Waals surface area contributed by atoms with Crippen LogP contribution in [0.5, 0.6) is 0 Å². The van der Waals surface area contributed by atoms with Crippen LogP contribution in [0.4, 0.5) is 0 Å². The minimum absolute atomic E-state index is 0.472. The molecule has 1 aromatic heterocycles. The molecular weight excluding hydrogens is 375 g/mol. The molecule has 0 bridgehead atoms. The molecular formula is C20H11Cl3N2. The van der Waals surface area contributed by atoms with Gasteiger partial charge in [-0.25, -0.2) is 9.97 Å². The fourth-order valence-electron chi connectivity index (χ4n) is 2.68. The first kappa shape index (κ1) is 16.3. The van der Waals surface area contributed by atoms with Crippen molar-refractivity contribution in [2.75, 3.05) is 0 Å². The van der Waals surface area contributed by atoms with Crippen LogP contribution in [0, 0.1) is 0 Å². The summed E-state index contributed by atoms with van der Waals surface area (Å²) in [5.41, 5.74) is 3.45. The molecule has 0 fully saturated rings. The lowest BCUT2D eigenvalue weighted by atomic mass is 10.1. The van der Waals surface area contributed by atoms with Crippen molar-refractivity contribution in [2.24, 2.45) is 0 Å². The molecule has 0 aliphatic heterocycles. The highest BCUT2D eigenvalue weighted by Gasteiger charge is 2.12. The van der Waals surface area contributed by atoms with Crippen molar-refractivity contribution in [1.82, 2.24) is 9.97 Å². The maximum Gasteiger partial charge on any atom is 0.160 e. The Morgan fingerprint density at radius 3 is 2.20 bits per heavy atom. The van der Waals surface area contributed by atoms with Gasteiger partial charge in [-0.05, 0) is 36.4 Å². The Labute approximate surface area is 160 Å². The summed E-state index contributed by atoms with van der Waals surface area (Å²) in [5.74, 6) is 0.590. The Morgan fingerprint density at radius 1 is 0.640 bits per heavy atom. The summed E-state index contributed by atoms with van der Waals surface area (Å²) in [5, 5.41) is 2.53. The van der Waals surface area contributed by atoms with Crippen LogP contribution < -0.4 is 0 Å². The first-order valence-electron chi connectivity index (χ1n) is 7.60. The molecule has 0 saturated heterocycles. The molecule has 25 heavy (non-hydrogen) atoms. The topological polar surface area (TPSA) is 25.8 Å². The molecule has 0 atom stereocenters. The number of benzene rings is 3. The van der Waals surface area contributed by atoms with Crippen molar-refractivity contribution in [3.63, 3.8) is 0 Å². The second-order valence-electron chi connectivity index (χ2n) is 5.55. The normalized spacial score (nSPS) is 11.0.